The van der Waals surface area contributed by atoms with Crippen LogP contribution in [-0.4, -0.2) is 20.6 Å². The van der Waals surface area contributed by atoms with Gasteiger partial charge in [0.2, 0.25) is 0 Å². The zero-order valence-corrected chi connectivity index (χ0v) is 9.53. The van der Waals surface area contributed by atoms with Crippen LogP contribution in [0.3, 0.4) is 0 Å². The number of carboxylic acids is 1. The van der Waals surface area contributed by atoms with Gasteiger partial charge in [0.1, 0.15) is 11.3 Å². The number of halogens is 1. The van der Waals surface area contributed by atoms with Crippen LogP contribution in [0.25, 0.3) is 11.0 Å². The SMILES string of the molecule is Cc1nc2c(Cl)cccc2n1CCC(=O)O. The van der Waals surface area contributed by atoms with Crippen molar-refractivity contribution in [1.82, 2.24) is 9.55 Å². The van der Waals surface area contributed by atoms with Crippen LogP contribution >= 0.6 is 11.6 Å². The van der Waals surface area contributed by atoms with Crippen molar-refractivity contribution in [2.45, 2.75) is 19.9 Å². The van der Waals surface area contributed by atoms with Crippen molar-refractivity contribution in [3.8, 4) is 0 Å². The highest BCUT2D eigenvalue weighted by Gasteiger charge is 2.10. The smallest absolute Gasteiger partial charge is 0.305 e. The molecule has 0 aliphatic rings. The molecule has 0 radical (unpaired) electrons. The summed E-state index contributed by atoms with van der Waals surface area (Å²) in [7, 11) is 0. The van der Waals surface area contributed by atoms with Crippen molar-refractivity contribution in [2.24, 2.45) is 0 Å². The Morgan fingerprint density at radius 2 is 2.31 bits per heavy atom. The molecule has 2 aromatic rings. The fourth-order valence-corrected chi connectivity index (χ4v) is 1.93. The largest absolute Gasteiger partial charge is 0.481 e. The third-order valence-corrected chi connectivity index (χ3v) is 2.77. The Kier molecular flexibility index (Phi) is 2.83. The van der Waals surface area contributed by atoms with Gasteiger partial charge in [0.15, 0.2) is 0 Å². The van der Waals surface area contributed by atoms with E-state index >= 15 is 0 Å². The first-order chi connectivity index (χ1) is 7.59. The summed E-state index contributed by atoms with van der Waals surface area (Å²) in [6, 6.07) is 5.50. The highest BCUT2D eigenvalue weighted by atomic mass is 35.5. The number of benzene rings is 1. The molecule has 0 fully saturated rings. The van der Waals surface area contributed by atoms with E-state index in [0.29, 0.717) is 11.6 Å². The number of aromatic nitrogens is 2. The number of rotatable bonds is 3. The summed E-state index contributed by atoms with van der Waals surface area (Å²) < 4.78 is 1.87. The van der Waals surface area contributed by atoms with Crippen LogP contribution in [0.5, 0.6) is 0 Å². The van der Waals surface area contributed by atoms with E-state index in [1.54, 1.807) is 6.07 Å². The van der Waals surface area contributed by atoms with Crippen molar-refractivity contribution in [3.05, 3.63) is 29.0 Å². The summed E-state index contributed by atoms with van der Waals surface area (Å²) in [6.45, 7) is 2.26. The van der Waals surface area contributed by atoms with Crippen molar-refractivity contribution < 1.29 is 9.90 Å². The number of hydrogen-bond donors (Lipinski definition) is 1. The molecule has 0 aliphatic heterocycles. The molecule has 0 aliphatic carbocycles. The van der Waals surface area contributed by atoms with Gasteiger partial charge in [-0.1, -0.05) is 17.7 Å². The van der Waals surface area contributed by atoms with Crippen LogP contribution in [0.1, 0.15) is 12.2 Å². The first-order valence-electron chi connectivity index (χ1n) is 4.92. The maximum Gasteiger partial charge on any atom is 0.305 e. The quantitative estimate of drug-likeness (QED) is 0.894. The van der Waals surface area contributed by atoms with E-state index in [0.717, 1.165) is 16.9 Å². The van der Waals surface area contributed by atoms with Gasteiger partial charge in [-0.25, -0.2) is 4.98 Å². The summed E-state index contributed by atoms with van der Waals surface area (Å²) in [5.74, 6) is -0.0346. The molecular formula is C11H11ClN2O2. The third kappa shape index (κ3) is 1.88. The molecule has 0 saturated carbocycles. The number of fused-ring (bicyclic) bond motifs is 1. The van der Waals surface area contributed by atoms with Crippen LogP contribution in [0, 0.1) is 6.92 Å². The lowest BCUT2D eigenvalue weighted by Crippen LogP contribution is -2.05. The number of aryl methyl sites for hydroxylation is 2. The molecular weight excluding hydrogens is 228 g/mol. The molecule has 0 amide bonds. The van der Waals surface area contributed by atoms with Gasteiger partial charge in [0, 0.05) is 6.54 Å². The average Bonchev–Trinajstić information content (AvgIpc) is 2.53. The maximum atomic E-state index is 10.5. The number of aliphatic carboxylic acids is 1. The minimum Gasteiger partial charge on any atom is -0.481 e. The molecule has 2 rings (SSSR count). The van der Waals surface area contributed by atoms with E-state index in [1.807, 2.05) is 23.6 Å². The van der Waals surface area contributed by atoms with Crippen LogP contribution in [0.4, 0.5) is 0 Å². The van der Waals surface area contributed by atoms with E-state index in [1.165, 1.54) is 0 Å². The predicted molar refractivity (Wildman–Crippen MR) is 61.7 cm³/mol. The number of hydrogen-bond acceptors (Lipinski definition) is 2. The minimum atomic E-state index is -0.816. The number of carbonyl (C=O) groups is 1. The normalized spacial score (nSPS) is 10.9. The fraction of sp³-hybridized carbons (Fsp3) is 0.273. The maximum absolute atomic E-state index is 10.5. The predicted octanol–water partition coefficient (Wildman–Crippen LogP) is 2.47. The molecule has 0 spiro atoms. The summed E-state index contributed by atoms with van der Waals surface area (Å²) in [4.78, 5) is 14.9. The van der Waals surface area contributed by atoms with Gasteiger partial charge in [0.25, 0.3) is 0 Å². The molecule has 5 heteroatoms. The lowest BCUT2D eigenvalue weighted by atomic mass is 10.3. The van der Waals surface area contributed by atoms with E-state index in [4.69, 9.17) is 16.7 Å². The highest BCUT2D eigenvalue weighted by Crippen LogP contribution is 2.23. The Morgan fingerprint density at radius 3 is 3.00 bits per heavy atom. The second-order valence-electron chi connectivity index (χ2n) is 3.56. The van der Waals surface area contributed by atoms with Gasteiger partial charge >= 0.3 is 5.97 Å². The van der Waals surface area contributed by atoms with E-state index in [2.05, 4.69) is 4.98 Å². The highest BCUT2D eigenvalue weighted by molar-refractivity contribution is 6.34. The van der Waals surface area contributed by atoms with Gasteiger partial charge < -0.3 is 9.67 Å². The third-order valence-electron chi connectivity index (χ3n) is 2.47. The van der Waals surface area contributed by atoms with Crippen molar-refractivity contribution in [1.29, 1.82) is 0 Å². The van der Waals surface area contributed by atoms with E-state index in [-0.39, 0.29) is 6.42 Å². The summed E-state index contributed by atoms with van der Waals surface area (Å²) in [5.41, 5.74) is 1.61. The first kappa shape index (κ1) is 11.0. The van der Waals surface area contributed by atoms with Crippen LogP contribution in [-0.2, 0) is 11.3 Å². The lowest BCUT2D eigenvalue weighted by molar-refractivity contribution is -0.137. The lowest BCUT2D eigenvalue weighted by Gasteiger charge is -2.04. The number of para-hydroxylation sites is 1. The zero-order valence-electron chi connectivity index (χ0n) is 8.77. The molecule has 16 heavy (non-hydrogen) atoms. The molecule has 0 atom stereocenters. The second-order valence-corrected chi connectivity index (χ2v) is 3.97. The van der Waals surface area contributed by atoms with Gasteiger partial charge in [-0.2, -0.15) is 0 Å². The topological polar surface area (TPSA) is 55.1 Å². The Bertz CT molecular complexity index is 548. The van der Waals surface area contributed by atoms with Crippen LogP contribution in [0.2, 0.25) is 5.02 Å². The molecule has 84 valence electrons. The monoisotopic (exact) mass is 238 g/mol. The number of imidazole rings is 1. The van der Waals surface area contributed by atoms with Crippen molar-refractivity contribution in [2.75, 3.05) is 0 Å². The molecule has 1 N–H and O–H groups in total. The van der Waals surface area contributed by atoms with E-state index in [9.17, 15) is 4.79 Å². The zero-order chi connectivity index (χ0) is 11.7. The standard InChI is InChI=1S/C11H11ClN2O2/c1-7-13-11-8(12)3-2-4-9(11)14(7)6-5-10(15)16/h2-4H,5-6H2,1H3,(H,15,16). The molecule has 1 aromatic carbocycles. The van der Waals surface area contributed by atoms with Gasteiger partial charge in [-0.05, 0) is 19.1 Å². The molecule has 1 aromatic heterocycles. The van der Waals surface area contributed by atoms with Gasteiger partial charge in [0.05, 0.1) is 17.0 Å². The first-order valence-corrected chi connectivity index (χ1v) is 5.30. The molecule has 0 bridgehead atoms. The average molecular weight is 239 g/mol. The molecule has 1 heterocycles. The number of carboxylic acid groups (broad SMARTS) is 1. The van der Waals surface area contributed by atoms with Gasteiger partial charge in [-0.15, -0.1) is 0 Å². The van der Waals surface area contributed by atoms with Crippen molar-refractivity contribution in [3.63, 3.8) is 0 Å². The van der Waals surface area contributed by atoms with Gasteiger partial charge in [-0.3, -0.25) is 4.79 Å². The summed E-state index contributed by atoms with van der Waals surface area (Å²) in [6.07, 6.45) is 0.0822. The van der Waals surface area contributed by atoms with Crippen LogP contribution < -0.4 is 0 Å². The number of nitrogens with zero attached hydrogens (tertiary/aromatic N) is 2. The van der Waals surface area contributed by atoms with Crippen molar-refractivity contribution >= 4 is 28.6 Å². The Labute approximate surface area is 97.5 Å². The summed E-state index contributed by atoms with van der Waals surface area (Å²) in [5, 5.41) is 9.26. The Morgan fingerprint density at radius 1 is 1.56 bits per heavy atom. The minimum absolute atomic E-state index is 0.0822. The Hall–Kier alpha value is -1.55. The summed E-state index contributed by atoms with van der Waals surface area (Å²) >= 11 is 6.01. The second kappa shape index (κ2) is 4.14. The van der Waals surface area contributed by atoms with E-state index < -0.39 is 5.97 Å². The Balaban J connectivity index is 2.48. The van der Waals surface area contributed by atoms with Crippen LogP contribution in [0.15, 0.2) is 18.2 Å². The molecule has 0 unspecified atom stereocenters. The fourth-order valence-electron chi connectivity index (χ4n) is 1.72. The molecule has 4 nitrogen and oxygen atoms in total. The molecule has 0 saturated heterocycles.